The summed E-state index contributed by atoms with van der Waals surface area (Å²) in [6.45, 7) is 0.308. The van der Waals surface area contributed by atoms with Crippen LogP contribution in [-0.2, 0) is 9.59 Å². The molecule has 0 saturated carbocycles. The molecule has 1 fully saturated rings. The molecule has 0 radical (unpaired) electrons. The number of anilines is 2. The SMILES string of the molecule is COc1ccc(N2CC(C(=O)Nc3ccc(-c4cc(=O)c5cc(OC)ccc5o4)cc3)CC2=O)cc1. The Morgan fingerprint density at radius 3 is 2.31 bits per heavy atom. The van der Waals surface area contributed by atoms with Gasteiger partial charge >= 0.3 is 0 Å². The molecule has 1 saturated heterocycles. The predicted octanol–water partition coefficient (Wildman–Crippen LogP) is 4.47. The average molecular weight is 485 g/mol. The molecule has 8 nitrogen and oxygen atoms in total. The third-order valence-electron chi connectivity index (χ3n) is 6.25. The van der Waals surface area contributed by atoms with E-state index in [-0.39, 0.29) is 23.7 Å². The van der Waals surface area contributed by atoms with E-state index in [1.54, 1.807) is 85.8 Å². The van der Waals surface area contributed by atoms with E-state index in [0.29, 0.717) is 46.0 Å². The van der Waals surface area contributed by atoms with Crippen LogP contribution in [0.2, 0.25) is 0 Å². The fourth-order valence-electron chi connectivity index (χ4n) is 4.26. The van der Waals surface area contributed by atoms with Crippen LogP contribution in [0, 0.1) is 5.92 Å². The molecule has 1 aliphatic rings. The first kappa shape index (κ1) is 23.2. The average Bonchev–Trinajstić information content (AvgIpc) is 3.30. The molecule has 1 N–H and O–H groups in total. The zero-order valence-electron chi connectivity index (χ0n) is 19.8. The van der Waals surface area contributed by atoms with Gasteiger partial charge in [-0.2, -0.15) is 0 Å². The summed E-state index contributed by atoms with van der Waals surface area (Å²) in [7, 11) is 3.12. The van der Waals surface area contributed by atoms with Crippen molar-refractivity contribution in [3.05, 3.63) is 83.0 Å². The van der Waals surface area contributed by atoms with Gasteiger partial charge in [0.2, 0.25) is 11.8 Å². The van der Waals surface area contributed by atoms with E-state index in [1.165, 1.54) is 6.07 Å². The largest absolute Gasteiger partial charge is 0.497 e. The molecule has 2 amide bonds. The van der Waals surface area contributed by atoms with Crippen LogP contribution in [0.25, 0.3) is 22.3 Å². The molecule has 8 heteroatoms. The normalized spacial score (nSPS) is 15.2. The lowest BCUT2D eigenvalue weighted by atomic mass is 10.1. The van der Waals surface area contributed by atoms with E-state index in [1.807, 2.05) is 0 Å². The number of carbonyl (C=O) groups excluding carboxylic acids is 2. The van der Waals surface area contributed by atoms with Gasteiger partial charge in [0.25, 0.3) is 0 Å². The first-order chi connectivity index (χ1) is 17.4. The number of nitrogens with one attached hydrogen (secondary N) is 1. The van der Waals surface area contributed by atoms with Crippen molar-refractivity contribution in [2.45, 2.75) is 6.42 Å². The predicted molar refractivity (Wildman–Crippen MR) is 137 cm³/mol. The van der Waals surface area contributed by atoms with E-state index in [4.69, 9.17) is 13.9 Å². The van der Waals surface area contributed by atoms with Crippen molar-refractivity contribution in [3.63, 3.8) is 0 Å². The number of hydrogen-bond acceptors (Lipinski definition) is 6. The van der Waals surface area contributed by atoms with Crippen LogP contribution in [0.4, 0.5) is 11.4 Å². The lowest BCUT2D eigenvalue weighted by molar-refractivity contribution is -0.122. The van der Waals surface area contributed by atoms with Crippen molar-refractivity contribution in [2.24, 2.45) is 5.92 Å². The molecule has 2 heterocycles. The zero-order valence-corrected chi connectivity index (χ0v) is 19.8. The lowest BCUT2D eigenvalue weighted by Crippen LogP contribution is -2.28. The van der Waals surface area contributed by atoms with E-state index in [9.17, 15) is 14.4 Å². The van der Waals surface area contributed by atoms with E-state index >= 15 is 0 Å². The molecule has 182 valence electrons. The Kier molecular flexibility index (Phi) is 6.16. The van der Waals surface area contributed by atoms with Crippen LogP contribution < -0.4 is 25.1 Å². The second-order valence-electron chi connectivity index (χ2n) is 8.51. The zero-order chi connectivity index (χ0) is 25.2. The molecule has 1 aromatic heterocycles. The third kappa shape index (κ3) is 4.53. The first-order valence-corrected chi connectivity index (χ1v) is 11.4. The fraction of sp³-hybridized carbons (Fsp3) is 0.179. The van der Waals surface area contributed by atoms with Crippen molar-refractivity contribution < 1.29 is 23.5 Å². The Morgan fingerprint density at radius 2 is 1.61 bits per heavy atom. The van der Waals surface area contributed by atoms with Gasteiger partial charge in [-0.1, -0.05) is 0 Å². The van der Waals surface area contributed by atoms with Gasteiger partial charge in [-0.25, -0.2) is 0 Å². The van der Waals surface area contributed by atoms with Crippen molar-refractivity contribution in [3.8, 4) is 22.8 Å². The molecule has 4 aromatic rings. The van der Waals surface area contributed by atoms with E-state index in [0.717, 1.165) is 5.69 Å². The van der Waals surface area contributed by atoms with Crippen LogP contribution in [0.3, 0.4) is 0 Å². The number of ether oxygens (including phenoxy) is 2. The molecular weight excluding hydrogens is 460 g/mol. The highest BCUT2D eigenvalue weighted by molar-refractivity contribution is 6.03. The van der Waals surface area contributed by atoms with Gasteiger partial charge < -0.3 is 24.1 Å². The number of benzene rings is 3. The standard InChI is InChI=1S/C28H24N2O6/c1-34-21-9-7-20(8-10-21)30-16-18(13-27(30)32)28(33)29-19-5-3-17(4-6-19)26-15-24(31)23-14-22(35-2)11-12-25(23)36-26/h3-12,14-15,18H,13,16H2,1-2H3,(H,29,33). The van der Waals surface area contributed by atoms with Gasteiger partial charge in [-0.05, 0) is 66.7 Å². The Balaban J connectivity index is 1.27. The number of hydrogen-bond donors (Lipinski definition) is 1. The summed E-state index contributed by atoms with van der Waals surface area (Å²) < 4.78 is 16.3. The summed E-state index contributed by atoms with van der Waals surface area (Å²) in [5, 5.41) is 3.32. The monoisotopic (exact) mass is 484 g/mol. The van der Waals surface area contributed by atoms with Gasteiger partial charge in [0, 0.05) is 36.0 Å². The minimum Gasteiger partial charge on any atom is -0.497 e. The number of amides is 2. The van der Waals surface area contributed by atoms with E-state index in [2.05, 4.69) is 5.32 Å². The van der Waals surface area contributed by atoms with Crippen molar-refractivity contribution in [1.29, 1.82) is 0 Å². The van der Waals surface area contributed by atoms with Gasteiger partial charge in [-0.3, -0.25) is 14.4 Å². The highest BCUT2D eigenvalue weighted by atomic mass is 16.5. The summed E-state index contributed by atoms with van der Waals surface area (Å²) in [5.41, 5.74) is 2.31. The van der Waals surface area contributed by atoms with Gasteiger partial charge in [0.05, 0.1) is 25.5 Å². The number of nitrogens with zero attached hydrogens (tertiary/aromatic N) is 1. The summed E-state index contributed by atoms with van der Waals surface area (Å²) in [4.78, 5) is 39.6. The Labute approximate surface area is 207 Å². The van der Waals surface area contributed by atoms with Crippen LogP contribution in [-0.4, -0.2) is 32.6 Å². The number of carbonyl (C=O) groups is 2. The maximum atomic E-state index is 12.9. The second kappa shape index (κ2) is 9.58. The summed E-state index contributed by atoms with van der Waals surface area (Å²) >= 11 is 0. The quantitative estimate of drug-likeness (QED) is 0.434. The molecule has 1 unspecified atom stereocenters. The molecule has 5 rings (SSSR count). The number of methoxy groups -OCH3 is 2. The first-order valence-electron chi connectivity index (χ1n) is 11.4. The highest BCUT2D eigenvalue weighted by Gasteiger charge is 2.35. The van der Waals surface area contributed by atoms with Crippen molar-refractivity contribution >= 4 is 34.2 Å². The van der Waals surface area contributed by atoms with Crippen LogP contribution in [0.5, 0.6) is 11.5 Å². The Bertz CT molecular complexity index is 1490. The van der Waals surface area contributed by atoms with Gasteiger partial charge in [0.15, 0.2) is 5.43 Å². The maximum Gasteiger partial charge on any atom is 0.229 e. The summed E-state index contributed by atoms with van der Waals surface area (Å²) in [6, 6.07) is 20.7. The number of fused-ring (bicyclic) bond motifs is 1. The molecule has 1 aliphatic heterocycles. The van der Waals surface area contributed by atoms with Gasteiger partial charge in [-0.15, -0.1) is 0 Å². The van der Waals surface area contributed by atoms with Crippen LogP contribution >= 0.6 is 0 Å². The summed E-state index contributed by atoms with van der Waals surface area (Å²) in [5.74, 6) is 0.921. The Hall–Kier alpha value is -4.59. The van der Waals surface area contributed by atoms with Crippen LogP contribution in [0.15, 0.2) is 82.0 Å². The van der Waals surface area contributed by atoms with Crippen LogP contribution in [0.1, 0.15) is 6.42 Å². The second-order valence-corrected chi connectivity index (χ2v) is 8.51. The topological polar surface area (TPSA) is 98.1 Å². The highest BCUT2D eigenvalue weighted by Crippen LogP contribution is 2.29. The minimum atomic E-state index is -0.463. The summed E-state index contributed by atoms with van der Waals surface area (Å²) in [6.07, 6.45) is 0.142. The van der Waals surface area contributed by atoms with E-state index < -0.39 is 5.92 Å². The lowest BCUT2D eigenvalue weighted by Gasteiger charge is -2.17. The molecule has 3 aromatic carbocycles. The number of rotatable bonds is 6. The molecule has 0 aliphatic carbocycles. The molecule has 0 bridgehead atoms. The molecule has 0 spiro atoms. The molecule has 36 heavy (non-hydrogen) atoms. The molecule has 1 atom stereocenters. The van der Waals surface area contributed by atoms with Crippen molar-refractivity contribution in [1.82, 2.24) is 0 Å². The smallest absolute Gasteiger partial charge is 0.229 e. The Morgan fingerprint density at radius 1 is 0.917 bits per heavy atom. The fourth-order valence-corrected chi connectivity index (χ4v) is 4.26. The minimum absolute atomic E-state index is 0.0976. The maximum absolute atomic E-state index is 12.9. The molecular formula is C28H24N2O6. The van der Waals surface area contributed by atoms with Gasteiger partial charge in [0.1, 0.15) is 22.8 Å². The van der Waals surface area contributed by atoms with Crippen molar-refractivity contribution in [2.75, 3.05) is 31.0 Å². The third-order valence-corrected chi connectivity index (χ3v) is 6.25.